The molecular formula is C26H27N3O5. The van der Waals surface area contributed by atoms with E-state index in [9.17, 15) is 14.4 Å². The number of esters is 2. The van der Waals surface area contributed by atoms with Crippen LogP contribution in [0.3, 0.4) is 0 Å². The molecule has 34 heavy (non-hydrogen) atoms. The van der Waals surface area contributed by atoms with Gasteiger partial charge in [0.2, 0.25) is 6.10 Å². The molecule has 0 N–H and O–H groups in total. The molecule has 5 rings (SSSR count). The molecule has 2 aliphatic rings. The Morgan fingerprint density at radius 3 is 2.85 bits per heavy atom. The summed E-state index contributed by atoms with van der Waals surface area (Å²) in [4.78, 5) is 46.6. The Morgan fingerprint density at radius 2 is 2.06 bits per heavy atom. The van der Waals surface area contributed by atoms with Crippen LogP contribution in [0.15, 0.2) is 46.2 Å². The van der Waals surface area contributed by atoms with Crippen molar-refractivity contribution in [1.82, 2.24) is 9.55 Å². The first-order valence-corrected chi connectivity index (χ1v) is 11.5. The van der Waals surface area contributed by atoms with Crippen LogP contribution in [-0.4, -0.2) is 34.8 Å². The maximum Gasteiger partial charge on any atom is 0.352 e. The number of unbranched alkanes of at least 4 members (excludes halogenated alkanes) is 1. The van der Waals surface area contributed by atoms with E-state index in [0.29, 0.717) is 41.9 Å². The van der Waals surface area contributed by atoms with Gasteiger partial charge in [-0.05, 0) is 37.3 Å². The maximum absolute atomic E-state index is 13.2. The van der Waals surface area contributed by atoms with Crippen molar-refractivity contribution in [2.75, 3.05) is 7.05 Å². The molecule has 0 saturated carbocycles. The minimum atomic E-state index is -1.26. The number of rotatable bonds is 5. The summed E-state index contributed by atoms with van der Waals surface area (Å²) < 4.78 is 12.3. The summed E-state index contributed by atoms with van der Waals surface area (Å²) in [6, 6.07) is 11.5. The van der Waals surface area contributed by atoms with Crippen LogP contribution in [-0.2, 0) is 32.2 Å². The van der Waals surface area contributed by atoms with Gasteiger partial charge in [-0.1, -0.05) is 32.0 Å². The van der Waals surface area contributed by atoms with Gasteiger partial charge in [0.25, 0.3) is 5.56 Å². The molecule has 8 nitrogen and oxygen atoms in total. The molecule has 0 bridgehead atoms. The maximum atomic E-state index is 13.2. The second-order valence-corrected chi connectivity index (χ2v) is 7.85. The first-order valence-electron chi connectivity index (χ1n) is 11.5. The zero-order chi connectivity index (χ0) is 24.2. The molecule has 1 unspecified atom stereocenters. The number of aromatic nitrogens is 2. The second kappa shape index (κ2) is 9.99. The van der Waals surface area contributed by atoms with Crippen molar-refractivity contribution in [1.29, 1.82) is 0 Å². The van der Waals surface area contributed by atoms with Gasteiger partial charge >= 0.3 is 11.9 Å². The average Bonchev–Trinajstić information content (AvgIpc) is 3.21. The highest BCUT2D eigenvalue weighted by Gasteiger charge is 2.37. The second-order valence-electron chi connectivity index (χ2n) is 7.85. The third-order valence-electron chi connectivity index (χ3n) is 5.81. The first-order chi connectivity index (χ1) is 16.6. The molecule has 3 aromatic rings. The lowest BCUT2D eigenvalue weighted by atomic mass is 10.00. The summed E-state index contributed by atoms with van der Waals surface area (Å²) in [5, 5.41) is 0.996. The minimum absolute atomic E-state index is 0.139. The zero-order valence-corrected chi connectivity index (χ0v) is 19.5. The number of pyridine rings is 2. The van der Waals surface area contributed by atoms with Crippen molar-refractivity contribution in [3.63, 3.8) is 0 Å². The molecular weight excluding hydrogens is 434 g/mol. The number of nitrogens with zero attached hydrogens (tertiary/aromatic N) is 3. The summed E-state index contributed by atoms with van der Waals surface area (Å²) in [6.45, 7) is 4.26. The lowest BCUT2D eigenvalue weighted by Gasteiger charge is -2.25. The quantitative estimate of drug-likeness (QED) is 0.253. The van der Waals surface area contributed by atoms with Gasteiger partial charge in [0.05, 0.1) is 29.0 Å². The topological polar surface area (TPSA) is 99.8 Å². The lowest BCUT2D eigenvalue weighted by molar-refractivity contribution is -0.171. The minimum Gasteiger partial charge on any atom is -0.458 e. The Hall–Kier alpha value is -3.81. The summed E-state index contributed by atoms with van der Waals surface area (Å²) in [5.74, 6) is -1.19. The summed E-state index contributed by atoms with van der Waals surface area (Å²) in [6.07, 6.45) is 1.81. The van der Waals surface area contributed by atoms with Gasteiger partial charge in [0, 0.05) is 30.0 Å². The van der Waals surface area contributed by atoms with Crippen molar-refractivity contribution in [3.8, 4) is 11.4 Å². The van der Waals surface area contributed by atoms with Gasteiger partial charge in [0.15, 0.2) is 0 Å². The van der Waals surface area contributed by atoms with E-state index in [-0.39, 0.29) is 18.6 Å². The molecule has 1 aromatic carbocycles. The standard InChI is InChI=1S/C24H21N3O5.C2H6/c1-25-9-5-4-8-20(28)32-22-16-11-19-21-15(10-14-6-2-3-7-18(14)26-21)12-27(19)23(29)17(16)13-31-24(22)30;1-2/h2-3,6-7,9-11,22H,4-5,8,12-13H2,1H3;1-2H3. The van der Waals surface area contributed by atoms with Crippen LogP contribution in [0.5, 0.6) is 0 Å². The van der Waals surface area contributed by atoms with E-state index in [1.807, 2.05) is 44.2 Å². The van der Waals surface area contributed by atoms with Gasteiger partial charge in [0.1, 0.15) is 6.61 Å². The van der Waals surface area contributed by atoms with Crippen LogP contribution in [0, 0.1) is 0 Å². The number of para-hydroxylation sites is 1. The Labute approximate surface area is 197 Å². The number of hydrogen-bond acceptors (Lipinski definition) is 7. The normalized spacial score (nSPS) is 15.7. The highest BCUT2D eigenvalue weighted by Crippen LogP contribution is 2.36. The third kappa shape index (κ3) is 4.23. The number of benzene rings is 1. The number of hydrogen-bond donors (Lipinski definition) is 0. The van der Waals surface area contributed by atoms with Crippen molar-refractivity contribution < 1.29 is 19.1 Å². The van der Waals surface area contributed by atoms with Crippen LogP contribution in [0.2, 0.25) is 0 Å². The zero-order valence-electron chi connectivity index (χ0n) is 19.5. The Bertz CT molecular complexity index is 1340. The van der Waals surface area contributed by atoms with Gasteiger partial charge in [-0.3, -0.25) is 9.59 Å². The number of ether oxygens (including phenoxy) is 2. The molecule has 1 atom stereocenters. The molecule has 176 valence electrons. The van der Waals surface area contributed by atoms with Crippen molar-refractivity contribution in [2.45, 2.75) is 52.4 Å². The largest absolute Gasteiger partial charge is 0.458 e. The number of cyclic esters (lactones) is 1. The van der Waals surface area contributed by atoms with E-state index in [4.69, 9.17) is 14.5 Å². The Kier molecular flexibility index (Phi) is 6.86. The molecule has 0 saturated heterocycles. The number of aliphatic imine (C=N–C) groups is 1. The van der Waals surface area contributed by atoms with E-state index >= 15 is 0 Å². The van der Waals surface area contributed by atoms with E-state index in [1.54, 1.807) is 23.9 Å². The van der Waals surface area contributed by atoms with Gasteiger partial charge < -0.3 is 19.0 Å². The van der Waals surface area contributed by atoms with E-state index in [1.165, 1.54) is 0 Å². The van der Waals surface area contributed by atoms with Crippen molar-refractivity contribution in [3.05, 3.63) is 63.4 Å². The van der Waals surface area contributed by atoms with Gasteiger partial charge in [-0.25, -0.2) is 9.78 Å². The number of carbonyl (C=O) groups excluding carboxylic acids is 2. The number of carbonyl (C=O) groups is 2. The highest BCUT2D eigenvalue weighted by molar-refractivity contribution is 5.85. The summed E-state index contributed by atoms with van der Waals surface area (Å²) >= 11 is 0. The fraction of sp³-hybridized carbons (Fsp3) is 0.346. The predicted octanol–water partition coefficient (Wildman–Crippen LogP) is 3.96. The van der Waals surface area contributed by atoms with E-state index < -0.39 is 18.0 Å². The molecule has 2 aliphatic heterocycles. The molecule has 4 heterocycles. The first kappa shape index (κ1) is 23.4. The summed E-state index contributed by atoms with van der Waals surface area (Å²) in [7, 11) is 1.67. The third-order valence-corrected chi connectivity index (χ3v) is 5.81. The van der Waals surface area contributed by atoms with Crippen molar-refractivity contribution >= 4 is 29.1 Å². The van der Waals surface area contributed by atoms with E-state index in [2.05, 4.69) is 4.99 Å². The molecule has 0 aliphatic carbocycles. The molecule has 0 spiro atoms. The van der Waals surface area contributed by atoms with E-state index in [0.717, 1.165) is 16.5 Å². The Morgan fingerprint density at radius 1 is 1.26 bits per heavy atom. The van der Waals surface area contributed by atoms with Crippen LogP contribution in [0.1, 0.15) is 55.9 Å². The molecule has 2 aromatic heterocycles. The summed E-state index contributed by atoms with van der Waals surface area (Å²) in [5.41, 5.74) is 3.53. The van der Waals surface area contributed by atoms with Crippen LogP contribution < -0.4 is 5.56 Å². The highest BCUT2D eigenvalue weighted by atomic mass is 16.6. The smallest absolute Gasteiger partial charge is 0.352 e. The molecule has 0 radical (unpaired) electrons. The monoisotopic (exact) mass is 461 g/mol. The Balaban J connectivity index is 0.00000133. The van der Waals surface area contributed by atoms with Crippen molar-refractivity contribution in [2.24, 2.45) is 4.99 Å². The average molecular weight is 462 g/mol. The predicted molar refractivity (Wildman–Crippen MR) is 129 cm³/mol. The lowest BCUT2D eigenvalue weighted by Crippen LogP contribution is -2.34. The fourth-order valence-electron chi connectivity index (χ4n) is 4.23. The van der Waals surface area contributed by atoms with Gasteiger partial charge in [-0.2, -0.15) is 0 Å². The van der Waals surface area contributed by atoms with Crippen LogP contribution in [0.25, 0.3) is 22.3 Å². The number of fused-ring (bicyclic) bond motifs is 5. The molecule has 0 fully saturated rings. The van der Waals surface area contributed by atoms with Crippen LogP contribution >= 0.6 is 0 Å². The fourth-order valence-corrected chi connectivity index (χ4v) is 4.23. The van der Waals surface area contributed by atoms with Gasteiger partial charge in [-0.15, -0.1) is 0 Å². The SMILES string of the molecule is CC.CN=CCCCC(=O)OC1C(=O)OCc2c1cc1n(c2=O)Cc2cc3ccccc3nc2-1. The molecule has 8 heteroatoms. The molecule has 0 amide bonds. The van der Waals surface area contributed by atoms with Crippen LogP contribution in [0.4, 0.5) is 0 Å².